The van der Waals surface area contributed by atoms with Gasteiger partial charge in [-0.25, -0.2) is 0 Å². The van der Waals surface area contributed by atoms with E-state index in [0.29, 0.717) is 24.2 Å². The smallest absolute Gasteiger partial charge is 0.133 e. The van der Waals surface area contributed by atoms with Gasteiger partial charge in [-0.2, -0.15) is 5.26 Å². The summed E-state index contributed by atoms with van der Waals surface area (Å²) < 4.78 is 0. The van der Waals surface area contributed by atoms with Crippen molar-refractivity contribution in [3.05, 3.63) is 35.4 Å². The first-order valence-electron chi connectivity index (χ1n) is 4.82. The van der Waals surface area contributed by atoms with Crippen LogP contribution in [0, 0.1) is 11.3 Å². The number of carbonyl (C=O) groups is 1. The molecule has 2 heteroatoms. The summed E-state index contributed by atoms with van der Waals surface area (Å²) in [7, 11) is 0. The lowest BCUT2D eigenvalue weighted by atomic mass is 9.93. The highest BCUT2D eigenvalue weighted by Crippen LogP contribution is 2.33. The van der Waals surface area contributed by atoms with Crippen LogP contribution in [0.1, 0.15) is 36.3 Å². The van der Waals surface area contributed by atoms with Crippen LogP contribution < -0.4 is 0 Å². The molecule has 0 spiro atoms. The third-order valence-corrected chi connectivity index (χ3v) is 2.77. The summed E-state index contributed by atoms with van der Waals surface area (Å²) >= 11 is 0. The van der Waals surface area contributed by atoms with Crippen molar-refractivity contribution in [1.82, 2.24) is 0 Å². The van der Waals surface area contributed by atoms with Gasteiger partial charge in [-0.1, -0.05) is 18.2 Å². The number of benzene rings is 1. The number of hydrogen-bond acceptors (Lipinski definition) is 2. The summed E-state index contributed by atoms with van der Waals surface area (Å²) in [6.07, 6.45) is 2.18. The van der Waals surface area contributed by atoms with Crippen LogP contribution in [-0.4, -0.2) is 5.78 Å². The predicted octanol–water partition coefficient (Wildman–Crippen LogP) is 2.39. The second-order valence-corrected chi connectivity index (χ2v) is 3.68. The van der Waals surface area contributed by atoms with E-state index < -0.39 is 0 Å². The second kappa shape index (κ2) is 3.63. The molecular weight excluding hydrogens is 174 g/mol. The number of nitriles is 1. The molecule has 0 N–H and O–H groups in total. The Morgan fingerprint density at radius 3 is 2.79 bits per heavy atom. The topological polar surface area (TPSA) is 40.9 Å². The van der Waals surface area contributed by atoms with E-state index in [0.717, 1.165) is 12.0 Å². The number of nitrogens with zero attached hydrogens (tertiary/aromatic N) is 1. The molecule has 0 radical (unpaired) electrons. The van der Waals surface area contributed by atoms with Crippen molar-refractivity contribution in [2.75, 3.05) is 0 Å². The van der Waals surface area contributed by atoms with Crippen molar-refractivity contribution in [3.63, 3.8) is 0 Å². The molecule has 1 aromatic carbocycles. The fourth-order valence-corrected chi connectivity index (χ4v) is 2.03. The van der Waals surface area contributed by atoms with Crippen molar-refractivity contribution in [2.45, 2.75) is 25.2 Å². The van der Waals surface area contributed by atoms with E-state index >= 15 is 0 Å². The lowest BCUT2D eigenvalue weighted by Crippen LogP contribution is -1.97. The molecule has 0 amide bonds. The molecule has 0 heterocycles. The van der Waals surface area contributed by atoms with Crippen molar-refractivity contribution in [1.29, 1.82) is 5.26 Å². The minimum Gasteiger partial charge on any atom is -0.300 e. The molecule has 2 rings (SSSR count). The van der Waals surface area contributed by atoms with Crippen molar-refractivity contribution in [2.24, 2.45) is 0 Å². The molecule has 1 aliphatic carbocycles. The summed E-state index contributed by atoms with van der Waals surface area (Å²) in [5.41, 5.74) is 1.76. The van der Waals surface area contributed by atoms with E-state index in [1.807, 2.05) is 24.3 Å². The van der Waals surface area contributed by atoms with E-state index in [1.165, 1.54) is 0 Å². The van der Waals surface area contributed by atoms with Crippen molar-refractivity contribution in [3.8, 4) is 6.07 Å². The maximum Gasteiger partial charge on any atom is 0.133 e. The molecule has 2 nitrogen and oxygen atoms in total. The van der Waals surface area contributed by atoms with E-state index in [9.17, 15) is 4.79 Å². The number of rotatable bonds is 1. The number of ketones is 1. The van der Waals surface area contributed by atoms with Crippen LogP contribution in [-0.2, 0) is 4.79 Å². The molecule has 70 valence electrons. The highest BCUT2D eigenvalue weighted by atomic mass is 16.1. The zero-order chi connectivity index (χ0) is 9.97. The third kappa shape index (κ3) is 1.54. The minimum atomic E-state index is 0.276. The van der Waals surface area contributed by atoms with E-state index in [4.69, 9.17) is 5.26 Å². The molecular formula is C12H11NO. The van der Waals surface area contributed by atoms with Gasteiger partial charge in [0.25, 0.3) is 0 Å². The quantitative estimate of drug-likeness (QED) is 0.674. The van der Waals surface area contributed by atoms with Crippen LogP contribution in [0.2, 0.25) is 0 Å². The Bertz CT molecular complexity index is 403. The van der Waals surface area contributed by atoms with E-state index in [2.05, 4.69) is 6.07 Å². The van der Waals surface area contributed by atoms with Crippen LogP contribution in [0.25, 0.3) is 0 Å². The molecule has 1 saturated carbocycles. The van der Waals surface area contributed by atoms with Gasteiger partial charge in [-0.3, -0.25) is 4.79 Å². The zero-order valence-electron chi connectivity index (χ0n) is 7.86. The maximum atomic E-state index is 11.1. The van der Waals surface area contributed by atoms with Crippen LogP contribution in [0.15, 0.2) is 24.3 Å². The number of carbonyl (C=O) groups excluding carboxylic acids is 1. The van der Waals surface area contributed by atoms with Gasteiger partial charge in [0.05, 0.1) is 11.6 Å². The average molecular weight is 185 g/mol. The lowest BCUT2D eigenvalue weighted by molar-refractivity contribution is -0.117. The Balaban J connectivity index is 2.33. The van der Waals surface area contributed by atoms with Crippen molar-refractivity contribution < 1.29 is 4.79 Å². The van der Waals surface area contributed by atoms with E-state index in [-0.39, 0.29) is 5.92 Å². The fourth-order valence-electron chi connectivity index (χ4n) is 2.03. The summed E-state index contributed by atoms with van der Waals surface area (Å²) in [6.45, 7) is 0. The molecule has 0 aromatic heterocycles. The second-order valence-electron chi connectivity index (χ2n) is 3.68. The lowest BCUT2D eigenvalue weighted by Gasteiger charge is -2.09. The standard InChI is InChI=1S/C12H11NO/c13-8-10-3-1-2-4-12(10)9-5-6-11(14)7-9/h1-4,9H,5-7H2/t9-/m1/s1. The monoisotopic (exact) mass is 185 g/mol. The largest absolute Gasteiger partial charge is 0.300 e. The Morgan fingerprint density at radius 1 is 1.36 bits per heavy atom. The fraction of sp³-hybridized carbons (Fsp3) is 0.333. The van der Waals surface area contributed by atoms with Crippen LogP contribution >= 0.6 is 0 Å². The molecule has 1 atom stereocenters. The van der Waals surface area contributed by atoms with Gasteiger partial charge in [0.15, 0.2) is 0 Å². The van der Waals surface area contributed by atoms with Gasteiger partial charge in [0.1, 0.15) is 5.78 Å². The normalized spacial score (nSPS) is 20.8. The summed E-state index contributed by atoms with van der Waals surface area (Å²) in [5, 5.41) is 8.91. The molecule has 1 aliphatic rings. The van der Waals surface area contributed by atoms with Gasteiger partial charge in [0, 0.05) is 12.8 Å². The van der Waals surface area contributed by atoms with Gasteiger partial charge >= 0.3 is 0 Å². The summed E-state index contributed by atoms with van der Waals surface area (Å²) in [5.74, 6) is 0.598. The highest BCUT2D eigenvalue weighted by molar-refractivity contribution is 5.81. The molecule has 0 unspecified atom stereocenters. The summed E-state index contributed by atoms with van der Waals surface area (Å²) in [4.78, 5) is 11.1. The van der Waals surface area contributed by atoms with E-state index in [1.54, 1.807) is 0 Å². The Hall–Kier alpha value is -1.62. The van der Waals surface area contributed by atoms with Crippen LogP contribution in [0.3, 0.4) is 0 Å². The number of hydrogen-bond donors (Lipinski definition) is 0. The Morgan fingerprint density at radius 2 is 2.14 bits per heavy atom. The summed E-state index contributed by atoms with van der Waals surface area (Å²) in [6, 6.07) is 9.74. The molecule has 0 saturated heterocycles. The van der Waals surface area contributed by atoms with Gasteiger partial charge in [-0.05, 0) is 24.0 Å². The predicted molar refractivity (Wildman–Crippen MR) is 52.8 cm³/mol. The third-order valence-electron chi connectivity index (χ3n) is 2.77. The molecule has 0 bridgehead atoms. The van der Waals surface area contributed by atoms with Crippen LogP contribution in [0.5, 0.6) is 0 Å². The first-order chi connectivity index (χ1) is 6.81. The molecule has 0 aliphatic heterocycles. The van der Waals surface area contributed by atoms with Crippen LogP contribution in [0.4, 0.5) is 0 Å². The minimum absolute atomic E-state index is 0.276. The molecule has 1 aromatic rings. The van der Waals surface area contributed by atoms with Gasteiger partial charge < -0.3 is 0 Å². The molecule has 14 heavy (non-hydrogen) atoms. The SMILES string of the molecule is N#Cc1ccccc1[C@@H]1CCC(=O)C1. The number of Topliss-reactive ketones (excluding diaryl/α,β-unsaturated/α-hetero) is 1. The highest BCUT2D eigenvalue weighted by Gasteiger charge is 2.24. The first kappa shape index (κ1) is 8.96. The molecule has 1 fully saturated rings. The zero-order valence-corrected chi connectivity index (χ0v) is 7.86. The first-order valence-corrected chi connectivity index (χ1v) is 4.82. The van der Waals surface area contributed by atoms with Gasteiger partial charge in [-0.15, -0.1) is 0 Å². The van der Waals surface area contributed by atoms with Gasteiger partial charge in [0.2, 0.25) is 0 Å². The maximum absolute atomic E-state index is 11.1. The van der Waals surface area contributed by atoms with Crippen molar-refractivity contribution >= 4 is 5.78 Å². The average Bonchev–Trinajstić information content (AvgIpc) is 2.65. The Labute approximate surface area is 83.2 Å². The Kier molecular flexibility index (Phi) is 2.32.